The number of aliphatic carboxylic acids is 1. The maximum Gasteiger partial charge on any atom is 0.327 e. The van der Waals surface area contributed by atoms with Gasteiger partial charge in [0.2, 0.25) is 6.41 Å². The highest BCUT2D eigenvalue weighted by Crippen LogP contribution is 2.39. The molecule has 2 heterocycles. The summed E-state index contributed by atoms with van der Waals surface area (Å²) in [6.45, 7) is 0. The van der Waals surface area contributed by atoms with Crippen molar-refractivity contribution in [3.05, 3.63) is 30.1 Å². The number of carboxylic acids is 1. The summed E-state index contributed by atoms with van der Waals surface area (Å²) in [6, 6.07) is 2.87. The van der Waals surface area contributed by atoms with Gasteiger partial charge in [0.1, 0.15) is 11.4 Å². The van der Waals surface area contributed by atoms with Gasteiger partial charge < -0.3 is 10.0 Å². The zero-order valence-corrected chi connectivity index (χ0v) is 9.13. The van der Waals surface area contributed by atoms with Gasteiger partial charge in [0, 0.05) is 23.7 Å². The first-order valence-electron chi connectivity index (χ1n) is 4.71. The van der Waals surface area contributed by atoms with Gasteiger partial charge in [-0.25, -0.2) is 4.79 Å². The Hall–Kier alpha value is -1.56. The summed E-state index contributed by atoms with van der Waals surface area (Å²) in [5, 5.41) is 8.71. The quantitative estimate of drug-likeness (QED) is 0.786. The molecule has 1 N–H and O–H groups in total. The van der Waals surface area contributed by atoms with Crippen LogP contribution in [0.3, 0.4) is 0 Å². The molecule has 16 heavy (non-hydrogen) atoms. The molecular weight excluding hydrogens is 228 g/mol. The molecule has 1 aromatic rings. The minimum atomic E-state index is -0.967. The average Bonchev–Trinajstić information content (AvgIpc) is 2.73. The fourth-order valence-corrected chi connectivity index (χ4v) is 3.02. The van der Waals surface area contributed by atoms with Gasteiger partial charge in [-0.15, -0.1) is 11.8 Å². The number of thioether (sulfide) groups is 1. The van der Waals surface area contributed by atoms with Gasteiger partial charge in [-0.3, -0.25) is 9.78 Å². The predicted octanol–water partition coefficient (Wildman–Crippen LogP) is 0.739. The summed E-state index contributed by atoms with van der Waals surface area (Å²) in [7, 11) is 0. The van der Waals surface area contributed by atoms with E-state index in [0.29, 0.717) is 12.2 Å². The van der Waals surface area contributed by atoms with Crippen molar-refractivity contribution in [2.24, 2.45) is 0 Å². The van der Waals surface area contributed by atoms with E-state index >= 15 is 0 Å². The highest BCUT2D eigenvalue weighted by molar-refractivity contribution is 7.99. The molecule has 0 aromatic carbocycles. The summed E-state index contributed by atoms with van der Waals surface area (Å²) in [6.07, 6.45) is 3.89. The molecule has 1 saturated heterocycles. The van der Waals surface area contributed by atoms with Crippen LogP contribution in [0.2, 0.25) is 0 Å². The first kappa shape index (κ1) is 10.9. The lowest BCUT2D eigenvalue weighted by Gasteiger charge is -2.22. The molecule has 0 radical (unpaired) electrons. The van der Waals surface area contributed by atoms with Crippen LogP contribution in [0.15, 0.2) is 24.5 Å². The molecule has 1 aliphatic rings. The Morgan fingerprint density at radius 2 is 2.50 bits per heavy atom. The van der Waals surface area contributed by atoms with E-state index in [1.807, 2.05) is 6.07 Å². The van der Waals surface area contributed by atoms with Crippen molar-refractivity contribution in [3.63, 3.8) is 0 Å². The molecule has 1 fully saturated rings. The van der Waals surface area contributed by atoms with Crippen LogP contribution in [-0.4, -0.2) is 39.2 Å². The van der Waals surface area contributed by atoms with Crippen LogP contribution >= 0.6 is 11.8 Å². The van der Waals surface area contributed by atoms with E-state index in [2.05, 4.69) is 4.98 Å². The van der Waals surface area contributed by atoms with Crippen molar-refractivity contribution in [3.8, 4) is 0 Å². The van der Waals surface area contributed by atoms with E-state index in [4.69, 9.17) is 5.11 Å². The Labute approximate surface area is 96.5 Å². The van der Waals surface area contributed by atoms with Gasteiger partial charge >= 0.3 is 5.97 Å². The SMILES string of the molecule is O=CN1C(C(=O)O)CSC1c1cccnc1. The van der Waals surface area contributed by atoms with Crippen molar-refractivity contribution >= 4 is 24.1 Å². The number of rotatable bonds is 3. The van der Waals surface area contributed by atoms with E-state index in [1.165, 1.54) is 16.7 Å². The summed E-state index contributed by atoms with van der Waals surface area (Å²) < 4.78 is 0. The van der Waals surface area contributed by atoms with Crippen LogP contribution in [0, 0.1) is 0 Å². The average molecular weight is 238 g/mol. The Bertz CT molecular complexity index is 398. The molecule has 1 aliphatic heterocycles. The zero-order valence-electron chi connectivity index (χ0n) is 8.31. The lowest BCUT2D eigenvalue weighted by atomic mass is 10.2. The Morgan fingerprint density at radius 3 is 3.06 bits per heavy atom. The van der Waals surface area contributed by atoms with E-state index in [-0.39, 0.29) is 5.37 Å². The van der Waals surface area contributed by atoms with Gasteiger partial charge in [0.15, 0.2) is 0 Å². The minimum absolute atomic E-state index is 0.243. The first-order chi connectivity index (χ1) is 7.74. The third kappa shape index (κ3) is 1.88. The number of carboxylic acid groups (broad SMARTS) is 1. The van der Waals surface area contributed by atoms with Crippen LogP contribution in [0.1, 0.15) is 10.9 Å². The second-order valence-corrected chi connectivity index (χ2v) is 4.49. The maximum atomic E-state index is 10.9. The largest absolute Gasteiger partial charge is 0.480 e. The topological polar surface area (TPSA) is 70.5 Å². The predicted molar refractivity (Wildman–Crippen MR) is 58.8 cm³/mol. The number of carbonyl (C=O) groups excluding carboxylic acids is 1. The summed E-state index contributed by atoms with van der Waals surface area (Å²) in [5.74, 6) is -0.556. The number of aromatic nitrogens is 1. The van der Waals surface area contributed by atoms with E-state index in [9.17, 15) is 9.59 Å². The normalized spacial score (nSPS) is 24.4. The smallest absolute Gasteiger partial charge is 0.327 e. The Kier molecular flexibility index (Phi) is 3.09. The highest BCUT2D eigenvalue weighted by Gasteiger charge is 2.38. The third-order valence-electron chi connectivity index (χ3n) is 2.42. The second kappa shape index (κ2) is 4.52. The molecular formula is C10H10N2O3S. The lowest BCUT2D eigenvalue weighted by molar-refractivity contribution is -0.145. The summed E-state index contributed by atoms with van der Waals surface area (Å²) in [4.78, 5) is 27.1. The fraction of sp³-hybridized carbons (Fsp3) is 0.300. The number of carbonyl (C=O) groups is 2. The number of amides is 1. The minimum Gasteiger partial charge on any atom is -0.480 e. The molecule has 2 rings (SSSR count). The molecule has 5 nitrogen and oxygen atoms in total. The number of pyridine rings is 1. The lowest BCUT2D eigenvalue weighted by Crippen LogP contribution is -2.37. The zero-order chi connectivity index (χ0) is 11.5. The van der Waals surface area contributed by atoms with Gasteiger partial charge in [0.25, 0.3) is 0 Å². The Morgan fingerprint density at radius 1 is 1.69 bits per heavy atom. The molecule has 2 atom stereocenters. The standard InChI is InChI=1S/C10H10N2O3S/c13-6-12-8(10(14)15)5-16-9(12)7-2-1-3-11-4-7/h1-4,6,8-9H,5H2,(H,14,15). The number of nitrogens with zero attached hydrogens (tertiary/aromatic N) is 2. The molecule has 84 valence electrons. The fourth-order valence-electron chi connectivity index (χ4n) is 1.64. The van der Waals surface area contributed by atoms with Crippen molar-refractivity contribution < 1.29 is 14.7 Å². The second-order valence-electron chi connectivity index (χ2n) is 3.38. The van der Waals surface area contributed by atoms with Crippen molar-refractivity contribution in [2.75, 3.05) is 5.75 Å². The van der Waals surface area contributed by atoms with Crippen LogP contribution < -0.4 is 0 Å². The van der Waals surface area contributed by atoms with Crippen LogP contribution in [0.5, 0.6) is 0 Å². The van der Waals surface area contributed by atoms with Crippen LogP contribution in [0.25, 0.3) is 0 Å². The third-order valence-corrected chi connectivity index (χ3v) is 3.76. The van der Waals surface area contributed by atoms with Gasteiger partial charge in [-0.1, -0.05) is 6.07 Å². The maximum absolute atomic E-state index is 10.9. The van der Waals surface area contributed by atoms with E-state index < -0.39 is 12.0 Å². The molecule has 2 unspecified atom stereocenters. The number of hydrogen-bond donors (Lipinski definition) is 1. The number of hydrogen-bond acceptors (Lipinski definition) is 4. The van der Waals surface area contributed by atoms with Crippen molar-refractivity contribution in [1.82, 2.24) is 9.88 Å². The van der Waals surface area contributed by atoms with Gasteiger partial charge in [-0.05, 0) is 6.07 Å². The van der Waals surface area contributed by atoms with Crippen LogP contribution in [0.4, 0.5) is 0 Å². The van der Waals surface area contributed by atoms with Gasteiger partial charge in [0.05, 0.1) is 0 Å². The molecule has 0 bridgehead atoms. The highest BCUT2D eigenvalue weighted by atomic mass is 32.2. The molecule has 0 saturated carbocycles. The molecule has 0 spiro atoms. The van der Waals surface area contributed by atoms with E-state index in [1.54, 1.807) is 18.5 Å². The monoisotopic (exact) mass is 238 g/mol. The van der Waals surface area contributed by atoms with Gasteiger partial charge in [-0.2, -0.15) is 0 Å². The molecule has 1 aromatic heterocycles. The molecule has 1 amide bonds. The van der Waals surface area contributed by atoms with E-state index in [0.717, 1.165) is 5.56 Å². The molecule has 0 aliphatic carbocycles. The van der Waals surface area contributed by atoms with Crippen molar-refractivity contribution in [2.45, 2.75) is 11.4 Å². The molecule has 6 heteroatoms. The van der Waals surface area contributed by atoms with Crippen molar-refractivity contribution in [1.29, 1.82) is 0 Å². The Balaban J connectivity index is 2.24. The summed E-state index contributed by atoms with van der Waals surface area (Å²) >= 11 is 1.44. The summed E-state index contributed by atoms with van der Waals surface area (Å²) in [5.41, 5.74) is 0.850. The first-order valence-corrected chi connectivity index (χ1v) is 5.76. The van der Waals surface area contributed by atoms with Crippen LogP contribution in [-0.2, 0) is 9.59 Å².